The minimum Gasteiger partial charge on any atom is -0.339 e. The van der Waals surface area contributed by atoms with Crippen LogP contribution in [0.3, 0.4) is 0 Å². The van der Waals surface area contributed by atoms with E-state index < -0.39 is 0 Å². The SMILES string of the molecule is CNCC(C)C(=O)Nc1ccc(C(=O)N2CCCC2)cc1. The van der Waals surface area contributed by atoms with Crippen molar-refractivity contribution in [1.82, 2.24) is 10.2 Å². The lowest BCUT2D eigenvalue weighted by Crippen LogP contribution is -2.29. The van der Waals surface area contributed by atoms with Crippen LogP contribution in [0.25, 0.3) is 0 Å². The molecule has 1 aromatic carbocycles. The van der Waals surface area contributed by atoms with Gasteiger partial charge < -0.3 is 15.5 Å². The molecular formula is C16H23N3O2. The molecule has 1 atom stereocenters. The zero-order valence-electron chi connectivity index (χ0n) is 12.7. The van der Waals surface area contributed by atoms with E-state index in [0.717, 1.165) is 31.6 Å². The molecule has 0 aliphatic carbocycles. The molecule has 0 saturated carbocycles. The highest BCUT2D eigenvalue weighted by atomic mass is 16.2. The number of nitrogens with one attached hydrogen (secondary N) is 2. The second kappa shape index (κ2) is 7.22. The van der Waals surface area contributed by atoms with Gasteiger partial charge in [0.1, 0.15) is 0 Å². The van der Waals surface area contributed by atoms with Crippen LogP contribution in [-0.4, -0.2) is 43.4 Å². The first-order valence-corrected chi connectivity index (χ1v) is 7.46. The second-order valence-corrected chi connectivity index (χ2v) is 5.52. The molecule has 1 heterocycles. The van der Waals surface area contributed by atoms with Crippen molar-refractivity contribution < 1.29 is 9.59 Å². The molecule has 1 aliphatic rings. The molecule has 2 amide bonds. The minimum atomic E-state index is -0.0964. The first-order chi connectivity index (χ1) is 10.1. The molecule has 0 aromatic heterocycles. The highest BCUT2D eigenvalue weighted by Crippen LogP contribution is 2.15. The third-order valence-electron chi connectivity index (χ3n) is 3.75. The van der Waals surface area contributed by atoms with Crippen molar-refractivity contribution in [3.8, 4) is 0 Å². The smallest absolute Gasteiger partial charge is 0.253 e. The first kappa shape index (κ1) is 15.5. The topological polar surface area (TPSA) is 61.4 Å². The quantitative estimate of drug-likeness (QED) is 0.867. The van der Waals surface area contributed by atoms with Crippen molar-refractivity contribution in [1.29, 1.82) is 0 Å². The van der Waals surface area contributed by atoms with Gasteiger partial charge in [-0.15, -0.1) is 0 Å². The summed E-state index contributed by atoms with van der Waals surface area (Å²) in [6.07, 6.45) is 2.17. The van der Waals surface area contributed by atoms with Crippen LogP contribution in [0.4, 0.5) is 5.69 Å². The standard InChI is InChI=1S/C16H23N3O2/c1-12(11-17-2)15(20)18-14-7-5-13(6-8-14)16(21)19-9-3-4-10-19/h5-8,12,17H,3-4,9-11H2,1-2H3,(H,18,20). The van der Waals surface area contributed by atoms with Gasteiger partial charge in [0.05, 0.1) is 0 Å². The summed E-state index contributed by atoms with van der Waals surface area (Å²) in [6, 6.07) is 7.12. The Kier molecular flexibility index (Phi) is 5.33. The Labute approximate surface area is 125 Å². The van der Waals surface area contributed by atoms with E-state index in [9.17, 15) is 9.59 Å². The van der Waals surface area contributed by atoms with Gasteiger partial charge in [-0.25, -0.2) is 0 Å². The van der Waals surface area contributed by atoms with Crippen LogP contribution >= 0.6 is 0 Å². The fourth-order valence-corrected chi connectivity index (χ4v) is 2.46. The number of nitrogens with zero attached hydrogens (tertiary/aromatic N) is 1. The van der Waals surface area contributed by atoms with Gasteiger partial charge in [-0.1, -0.05) is 6.92 Å². The van der Waals surface area contributed by atoms with E-state index in [4.69, 9.17) is 0 Å². The molecule has 1 unspecified atom stereocenters. The lowest BCUT2D eigenvalue weighted by Gasteiger charge is -2.16. The van der Waals surface area contributed by atoms with Crippen LogP contribution in [0.5, 0.6) is 0 Å². The van der Waals surface area contributed by atoms with Crippen LogP contribution < -0.4 is 10.6 Å². The number of hydrogen-bond donors (Lipinski definition) is 2. The highest BCUT2D eigenvalue weighted by Gasteiger charge is 2.19. The molecule has 2 rings (SSSR count). The molecule has 2 N–H and O–H groups in total. The monoisotopic (exact) mass is 289 g/mol. The van der Waals surface area contributed by atoms with Crippen molar-refractivity contribution in [2.24, 2.45) is 5.92 Å². The number of anilines is 1. The predicted octanol–water partition coefficient (Wildman–Crippen LogP) is 1.72. The third kappa shape index (κ3) is 4.04. The van der Waals surface area contributed by atoms with Gasteiger partial charge in [0.25, 0.3) is 5.91 Å². The van der Waals surface area contributed by atoms with Gasteiger partial charge in [-0.05, 0) is 44.2 Å². The van der Waals surface area contributed by atoms with E-state index in [-0.39, 0.29) is 17.7 Å². The van der Waals surface area contributed by atoms with Gasteiger partial charge in [0.2, 0.25) is 5.91 Å². The van der Waals surface area contributed by atoms with Crippen molar-refractivity contribution in [3.05, 3.63) is 29.8 Å². The Bertz CT molecular complexity index is 493. The summed E-state index contributed by atoms with van der Waals surface area (Å²) in [7, 11) is 1.82. The summed E-state index contributed by atoms with van der Waals surface area (Å²) in [4.78, 5) is 26.0. The lowest BCUT2D eigenvalue weighted by molar-refractivity contribution is -0.119. The van der Waals surface area contributed by atoms with Crippen LogP contribution in [-0.2, 0) is 4.79 Å². The van der Waals surface area contributed by atoms with Gasteiger partial charge in [0.15, 0.2) is 0 Å². The Morgan fingerprint density at radius 2 is 1.81 bits per heavy atom. The highest BCUT2D eigenvalue weighted by molar-refractivity contribution is 5.96. The van der Waals surface area contributed by atoms with E-state index in [1.807, 2.05) is 18.9 Å². The van der Waals surface area contributed by atoms with Crippen LogP contribution in [0.1, 0.15) is 30.1 Å². The van der Waals surface area contributed by atoms with Crippen LogP contribution in [0.2, 0.25) is 0 Å². The Hall–Kier alpha value is -1.88. The third-order valence-corrected chi connectivity index (χ3v) is 3.75. The van der Waals surface area contributed by atoms with Crippen molar-refractivity contribution >= 4 is 17.5 Å². The average molecular weight is 289 g/mol. The van der Waals surface area contributed by atoms with E-state index in [2.05, 4.69) is 10.6 Å². The lowest BCUT2D eigenvalue weighted by atomic mass is 10.1. The zero-order valence-corrected chi connectivity index (χ0v) is 12.7. The minimum absolute atomic E-state index is 0.0250. The largest absolute Gasteiger partial charge is 0.339 e. The second-order valence-electron chi connectivity index (χ2n) is 5.52. The maximum absolute atomic E-state index is 12.2. The van der Waals surface area contributed by atoms with E-state index in [0.29, 0.717) is 12.1 Å². The molecule has 0 bridgehead atoms. The molecular weight excluding hydrogens is 266 g/mol. The van der Waals surface area contributed by atoms with Gasteiger partial charge in [0, 0.05) is 36.8 Å². The average Bonchev–Trinajstić information content (AvgIpc) is 3.01. The molecule has 1 fully saturated rings. The number of amides is 2. The molecule has 114 valence electrons. The maximum atomic E-state index is 12.2. The van der Waals surface area contributed by atoms with Crippen molar-refractivity contribution in [2.45, 2.75) is 19.8 Å². The number of rotatable bonds is 5. The molecule has 5 heteroatoms. The molecule has 1 saturated heterocycles. The molecule has 1 aliphatic heterocycles. The zero-order chi connectivity index (χ0) is 15.2. The fraction of sp³-hybridized carbons (Fsp3) is 0.500. The Morgan fingerprint density at radius 1 is 1.19 bits per heavy atom. The first-order valence-electron chi connectivity index (χ1n) is 7.46. The van der Waals surface area contributed by atoms with E-state index in [1.165, 1.54) is 0 Å². The van der Waals surface area contributed by atoms with Crippen LogP contribution in [0, 0.1) is 5.92 Å². The molecule has 21 heavy (non-hydrogen) atoms. The van der Waals surface area contributed by atoms with Gasteiger partial charge in [-0.2, -0.15) is 0 Å². The number of likely N-dealkylation sites (tertiary alicyclic amines) is 1. The summed E-state index contributed by atoms with van der Waals surface area (Å²) in [5.41, 5.74) is 1.40. The Morgan fingerprint density at radius 3 is 2.38 bits per heavy atom. The maximum Gasteiger partial charge on any atom is 0.253 e. The molecule has 0 spiro atoms. The normalized spacial score (nSPS) is 15.8. The number of benzene rings is 1. The van der Waals surface area contributed by atoms with Crippen molar-refractivity contribution in [3.63, 3.8) is 0 Å². The fourth-order valence-electron chi connectivity index (χ4n) is 2.46. The predicted molar refractivity (Wildman–Crippen MR) is 83.3 cm³/mol. The number of hydrogen-bond acceptors (Lipinski definition) is 3. The van der Waals surface area contributed by atoms with Gasteiger partial charge in [-0.3, -0.25) is 9.59 Å². The summed E-state index contributed by atoms with van der Waals surface area (Å²) in [5.74, 6) is -0.0437. The summed E-state index contributed by atoms with van der Waals surface area (Å²) >= 11 is 0. The summed E-state index contributed by atoms with van der Waals surface area (Å²) in [5, 5.41) is 5.84. The molecule has 0 radical (unpaired) electrons. The molecule has 5 nitrogen and oxygen atoms in total. The summed E-state index contributed by atoms with van der Waals surface area (Å²) in [6.45, 7) is 4.20. The molecule has 1 aromatic rings. The van der Waals surface area contributed by atoms with Crippen molar-refractivity contribution in [2.75, 3.05) is 32.0 Å². The van der Waals surface area contributed by atoms with E-state index >= 15 is 0 Å². The Balaban J connectivity index is 1.95. The number of carbonyl (C=O) groups excluding carboxylic acids is 2. The summed E-state index contributed by atoms with van der Waals surface area (Å²) < 4.78 is 0. The van der Waals surface area contributed by atoms with E-state index in [1.54, 1.807) is 24.3 Å². The van der Waals surface area contributed by atoms with Crippen LogP contribution in [0.15, 0.2) is 24.3 Å². The number of carbonyl (C=O) groups is 2. The van der Waals surface area contributed by atoms with Gasteiger partial charge >= 0.3 is 0 Å².